The first-order valence-corrected chi connectivity index (χ1v) is 14.3. The maximum Gasteiger partial charge on any atom is 0.433 e. The molecule has 0 unspecified atom stereocenters. The van der Waals surface area contributed by atoms with Crippen LogP contribution in [0, 0.1) is 0 Å². The van der Waals surface area contributed by atoms with Crippen molar-refractivity contribution in [3.8, 4) is 0 Å². The predicted molar refractivity (Wildman–Crippen MR) is 73.8 cm³/mol. The summed E-state index contributed by atoms with van der Waals surface area (Å²) in [6, 6.07) is 0. The lowest BCUT2D eigenvalue weighted by Crippen LogP contribution is -2.46. The molecular weight excluding hydrogens is 275 g/mol. The zero-order valence-corrected chi connectivity index (χ0v) is 14.2. The molecule has 0 aliphatic carbocycles. The van der Waals surface area contributed by atoms with E-state index < -0.39 is 29.5 Å². The summed E-state index contributed by atoms with van der Waals surface area (Å²) in [5.41, 5.74) is -1.40. The molecule has 0 aliphatic rings. The second-order valence-electron chi connectivity index (χ2n) is 6.41. The molecule has 0 heterocycles. The Hall–Kier alpha value is 0.0538. The Morgan fingerprint density at radius 1 is 1.12 bits per heavy atom. The molecule has 2 N–H and O–H groups in total. The van der Waals surface area contributed by atoms with Gasteiger partial charge in [0.25, 0.3) is 0 Å². The lowest BCUT2D eigenvalue weighted by atomic mass is 10.8. The molecule has 0 saturated heterocycles. The smallest absolute Gasteiger partial charge is 0.433 e. The van der Waals surface area contributed by atoms with E-state index in [0.29, 0.717) is 0 Å². The van der Waals surface area contributed by atoms with E-state index in [4.69, 9.17) is 14.5 Å². The molecule has 0 radical (unpaired) electrons. The number of hydrogen-bond acceptors (Lipinski definition) is 3. The minimum atomic E-state index is -4.75. The van der Waals surface area contributed by atoms with Gasteiger partial charge in [0.05, 0.1) is 6.61 Å². The molecule has 0 aromatic rings. The second-order valence-corrected chi connectivity index (χ2v) is 19.3. The van der Waals surface area contributed by atoms with Crippen molar-refractivity contribution in [3.05, 3.63) is 0 Å². The van der Waals surface area contributed by atoms with E-state index in [1.807, 2.05) is 0 Å². The van der Waals surface area contributed by atoms with Gasteiger partial charge < -0.3 is 14.5 Å². The maximum absolute atomic E-state index is 11.1. The van der Waals surface area contributed by atoms with Gasteiger partial charge in [-0.05, 0) is 5.16 Å². The highest BCUT2D eigenvalue weighted by Crippen LogP contribution is 2.39. The molecule has 0 fully saturated rings. The number of ether oxygens (including phenoxy) is 1. The van der Waals surface area contributed by atoms with Gasteiger partial charge in [0.15, 0.2) is 0 Å². The van der Waals surface area contributed by atoms with Gasteiger partial charge in [-0.1, -0.05) is 39.3 Å². The van der Waals surface area contributed by atoms with Crippen LogP contribution in [0.2, 0.25) is 44.4 Å². The van der Waals surface area contributed by atoms with Crippen molar-refractivity contribution in [1.82, 2.24) is 0 Å². The van der Waals surface area contributed by atoms with Crippen molar-refractivity contribution in [2.45, 2.75) is 44.4 Å². The molecule has 0 aliphatic heterocycles. The van der Waals surface area contributed by atoms with E-state index in [0.717, 1.165) is 0 Å². The second kappa shape index (κ2) is 5.36. The highest BCUT2D eigenvalue weighted by molar-refractivity contribution is 7.69. The molecule has 0 spiro atoms. The molecule has 102 valence electrons. The molecule has 8 heteroatoms. The first-order chi connectivity index (χ1) is 7.26. The molecule has 0 amide bonds. The third kappa shape index (κ3) is 5.97. The van der Waals surface area contributed by atoms with Gasteiger partial charge in [0.1, 0.15) is 0 Å². The highest BCUT2D eigenvalue weighted by Gasteiger charge is 2.39. The number of carbonyl (C=O) groups excluding carboxylic acids is 1. The van der Waals surface area contributed by atoms with E-state index in [9.17, 15) is 9.36 Å². The summed E-state index contributed by atoms with van der Waals surface area (Å²) in [5, 5.41) is 0.283. The Kier molecular flexibility index (Phi) is 5.38. The fourth-order valence-corrected chi connectivity index (χ4v) is 13.8. The summed E-state index contributed by atoms with van der Waals surface area (Å²) in [7, 11) is -7.78. The minimum absolute atomic E-state index is 0.134. The molecule has 0 aromatic carbocycles. The summed E-state index contributed by atoms with van der Waals surface area (Å²) in [6.07, 6.45) is 0. The first kappa shape index (κ1) is 17.1. The Morgan fingerprint density at radius 3 is 1.71 bits per heavy atom. The van der Waals surface area contributed by atoms with Crippen LogP contribution < -0.4 is 0 Å². The van der Waals surface area contributed by atoms with Gasteiger partial charge >= 0.3 is 13.3 Å². The van der Waals surface area contributed by atoms with Crippen molar-refractivity contribution in [2.24, 2.45) is 0 Å². The molecule has 5 nitrogen and oxygen atoms in total. The largest absolute Gasteiger partial charge is 0.457 e. The van der Waals surface area contributed by atoms with Crippen LogP contribution in [-0.2, 0) is 9.30 Å². The Morgan fingerprint density at radius 2 is 1.47 bits per heavy atom. The monoisotopic (exact) mass is 298 g/mol. The standard InChI is InChI=1S/C9H23O5PSi2/c1-16(2,3)8(17(4,5)6)7-14-9(10)15(11,12)13/h8H,7H2,1-6H3,(H2,11,12,13). The summed E-state index contributed by atoms with van der Waals surface area (Å²) in [6.45, 7) is 13.2. The number of hydrogen-bond donors (Lipinski definition) is 2. The predicted octanol–water partition coefficient (Wildman–Crippen LogP) is 2.89. The van der Waals surface area contributed by atoms with Gasteiger partial charge in [0.2, 0.25) is 0 Å². The Balaban J connectivity index is 4.72. The lowest BCUT2D eigenvalue weighted by molar-refractivity contribution is 0.165. The first-order valence-electron chi connectivity index (χ1n) is 5.49. The van der Waals surface area contributed by atoms with Gasteiger partial charge in [0, 0.05) is 16.1 Å². The van der Waals surface area contributed by atoms with Crippen molar-refractivity contribution < 1.29 is 23.9 Å². The molecule has 0 aromatic heterocycles. The molecule has 0 saturated carbocycles. The van der Waals surface area contributed by atoms with Gasteiger partial charge in [-0.25, -0.2) is 9.36 Å². The molecule has 0 rings (SSSR count). The fourth-order valence-electron chi connectivity index (χ4n) is 2.04. The van der Waals surface area contributed by atoms with Crippen molar-refractivity contribution in [1.29, 1.82) is 0 Å². The van der Waals surface area contributed by atoms with Crippen LogP contribution in [0.4, 0.5) is 4.79 Å². The average Bonchev–Trinajstić information content (AvgIpc) is 1.96. The van der Waals surface area contributed by atoms with Crippen molar-refractivity contribution >= 4 is 29.5 Å². The van der Waals surface area contributed by atoms with Crippen LogP contribution in [0.5, 0.6) is 0 Å². The summed E-state index contributed by atoms with van der Waals surface area (Å²) >= 11 is 0. The minimum Gasteiger partial charge on any atom is -0.457 e. The quantitative estimate of drug-likeness (QED) is 0.602. The maximum atomic E-state index is 11.1. The Labute approximate surface area is 105 Å². The van der Waals surface area contributed by atoms with Crippen LogP contribution in [0.3, 0.4) is 0 Å². The van der Waals surface area contributed by atoms with Crippen LogP contribution in [0.15, 0.2) is 0 Å². The highest BCUT2D eigenvalue weighted by atomic mass is 31.2. The van der Waals surface area contributed by atoms with E-state index in [2.05, 4.69) is 39.3 Å². The summed E-state index contributed by atoms with van der Waals surface area (Å²) in [4.78, 5) is 28.4. The SMILES string of the molecule is C[Si](C)(C)C(COC(=O)P(=O)(O)O)[Si](C)(C)C. The number of carbonyl (C=O) groups is 1. The molecule has 0 bridgehead atoms. The molecular formula is C9H23O5PSi2. The van der Waals surface area contributed by atoms with E-state index in [-0.39, 0.29) is 11.8 Å². The number of rotatable bonds is 5. The Bertz CT molecular complexity index is 311. The average molecular weight is 298 g/mol. The summed E-state index contributed by atoms with van der Waals surface area (Å²) in [5.74, 6) is 0. The molecule has 0 atom stereocenters. The topological polar surface area (TPSA) is 83.8 Å². The van der Waals surface area contributed by atoms with E-state index >= 15 is 0 Å². The third-order valence-electron chi connectivity index (χ3n) is 2.70. The van der Waals surface area contributed by atoms with Crippen LogP contribution in [0.1, 0.15) is 0 Å². The fraction of sp³-hybridized carbons (Fsp3) is 0.889. The van der Waals surface area contributed by atoms with E-state index in [1.165, 1.54) is 0 Å². The van der Waals surface area contributed by atoms with Crippen molar-refractivity contribution in [3.63, 3.8) is 0 Å². The normalized spacial score (nSPS) is 13.9. The van der Waals surface area contributed by atoms with Gasteiger partial charge in [-0.3, -0.25) is 0 Å². The van der Waals surface area contributed by atoms with Gasteiger partial charge in [-0.2, -0.15) is 0 Å². The van der Waals surface area contributed by atoms with E-state index in [1.54, 1.807) is 0 Å². The lowest BCUT2D eigenvalue weighted by Gasteiger charge is -2.37. The third-order valence-corrected chi connectivity index (χ3v) is 13.0. The van der Waals surface area contributed by atoms with Crippen molar-refractivity contribution in [2.75, 3.05) is 6.61 Å². The zero-order valence-electron chi connectivity index (χ0n) is 11.4. The van der Waals surface area contributed by atoms with Crippen LogP contribution >= 0.6 is 7.60 Å². The zero-order chi connectivity index (χ0) is 14.1. The van der Waals surface area contributed by atoms with Crippen LogP contribution in [0.25, 0.3) is 0 Å². The van der Waals surface area contributed by atoms with Crippen LogP contribution in [-0.4, -0.2) is 38.3 Å². The molecule has 17 heavy (non-hydrogen) atoms. The summed E-state index contributed by atoms with van der Waals surface area (Å²) < 4.78 is 15.5. The van der Waals surface area contributed by atoms with Gasteiger partial charge in [-0.15, -0.1) is 0 Å².